The number of carboxylic acid groups (broad SMARTS) is 6. The molecule has 2 radical (unpaired) electrons. The molecule has 0 bridgehead atoms. The zero-order chi connectivity index (χ0) is 21.3. The molecule has 0 unspecified atom stereocenters. The fourth-order valence-electron chi connectivity index (χ4n) is 1.35. The standard InChI is InChI=1S/2C6H7O7.2Cu.5H2O/c2*7-3(8)1-6(13,5(11)12)2-4(9)10;;;;;;;/h2*1-2H2,(H,7,8)(H,9,10)(H,11,12);;;5*1H2/q2*-1;2*+2;;;;;/p-6. The Morgan fingerprint density at radius 2 is 0.545 bits per heavy atom. The van der Waals surface area contributed by atoms with Crippen LogP contribution in [0.3, 0.4) is 0 Å². The van der Waals surface area contributed by atoms with Crippen LogP contribution in [0.4, 0.5) is 0 Å². The second-order valence-corrected chi connectivity index (χ2v) is 4.76. The van der Waals surface area contributed by atoms with Crippen LogP contribution >= 0.6 is 0 Å². The number of aliphatic carboxylic acids is 6. The first-order valence-electron chi connectivity index (χ1n) is 6.19. The minimum atomic E-state index is -3.22. The van der Waals surface area contributed by atoms with Crippen molar-refractivity contribution in [3.63, 3.8) is 0 Å². The first kappa shape index (κ1) is 57.5. The predicted octanol–water partition coefficient (Wildman–Crippen LogP) is -15.9. The van der Waals surface area contributed by atoms with Crippen molar-refractivity contribution in [2.24, 2.45) is 0 Å². The smallest absolute Gasteiger partial charge is 0.845 e. The molecule has 0 aliphatic heterocycles. The summed E-state index contributed by atoms with van der Waals surface area (Å²) in [6, 6.07) is 0. The summed E-state index contributed by atoms with van der Waals surface area (Å²) in [5.74, 6) is -12.4. The Kier molecular flexibility index (Phi) is 42.2. The van der Waals surface area contributed by atoms with E-state index in [1.807, 2.05) is 0 Å². The summed E-state index contributed by atoms with van der Waals surface area (Å²) in [4.78, 5) is 59.7. The minimum Gasteiger partial charge on any atom is -0.845 e. The fraction of sp³-hybridized carbons (Fsp3) is 0.500. The van der Waals surface area contributed by atoms with Gasteiger partial charge in [0.15, 0.2) is 0 Å². The summed E-state index contributed by atoms with van der Waals surface area (Å²) in [6.07, 6.45) is -5.88. The maximum absolute atomic E-state index is 10.9. The average molecular weight is 593 g/mol. The van der Waals surface area contributed by atoms with Gasteiger partial charge < -0.3 is 97.0 Å². The van der Waals surface area contributed by atoms with E-state index in [0.717, 1.165) is 0 Å². The Morgan fingerprint density at radius 3 is 0.606 bits per heavy atom. The first-order chi connectivity index (χ1) is 11.6. The van der Waals surface area contributed by atoms with E-state index in [1.165, 1.54) is 0 Å². The van der Waals surface area contributed by atoms with E-state index in [2.05, 4.69) is 0 Å². The van der Waals surface area contributed by atoms with Gasteiger partial charge in [-0.15, -0.1) is 0 Å². The topological polar surface area (TPSA) is 444 Å². The number of hydrogen-bond donors (Lipinski definition) is 0. The van der Waals surface area contributed by atoms with Gasteiger partial charge in [-0.3, -0.25) is 0 Å². The first-order valence-corrected chi connectivity index (χ1v) is 6.19. The summed E-state index contributed by atoms with van der Waals surface area (Å²) < 4.78 is 0. The summed E-state index contributed by atoms with van der Waals surface area (Å²) in [6.45, 7) is 0. The maximum atomic E-state index is 10.9. The number of carboxylic acids is 6. The second kappa shape index (κ2) is 24.2. The van der Waals surface area contributed by atoms with E-state index in [1.54, 1.807) is 0 Å². The Labute approximate surface area is 204 Å². The van der Waals surface area contributed by atoms with Gasteiger partial charge in [0.25, 0.3) is 0 Å². The van der Waals surface area contributed by atoms with Gasteiger partial charge in [-0.2, -0.15) is 0 Å². The van der Waals surface area contributed by atoms with Gasteiger partial charge in [0.2, 0.25) is 0 Å². The van der Waals surface area contributed by atoms with Gasteiger partial charge in [0, 0.05) is 35.8 Å². The quantitative estimate of drug-likeness (QED) is 0.212. The Balaban J connectivity index is -0.0000000411. The van der Waals surface area contributed by atoms with Gasteiger partial charge in [-0.25, -0.2) is 0 Å². The molecule has 0 aliphatic carbocycles. The largest absolute Gasteiger partial charge is 2.00 e. The summed E-state index contributed by atoms with van der Waals surface area (Å²) in [7, 11) is 0. The van der Waals surface area contributed by atoms with Crippen molar-refractivity contribution < 1.29 is 131 Å². The van der Waals surface area contributed by atoms with Crippen LogP contribution < -0.4 is 40.9 Å². The molecule has 0 atom stereocenters. The third kappa shape index (κ3) is 25.7. The van der Waals surface area contributed by atoms with Crippen LogP contribution in [0.15, 0.2) is 0 Å². The second-order valence-electron chi connectivity index (χ2n) is 4.76. The molecule has 206 valence electrons. The molecule has 21 heteroatoms. The van der Waals surface area contributed by atoms with Crippen LogP contribution in [-0.2, 0) is 62.9 Å². The number of hydrogen-bond acceptors (Lipinski definition) is 14. The van der Waals surface area contributed by atoms with E-state index in [-0.39, 0.29) is 61.5 Å². The molecule has 0 amide bonds. The molecule has 0 aromatic heterocycles. The summed E-state index contributed by atoms with van der Waals surface area (Å²) >= 11 is 0. The molecule has 0 heterocycles. The van der Waals surface area contributed by atoms with Crippen molar-refractivity contribution in [3.05, 3.63) is 0 Å². The molecule has 33 heavy (non-hydrogen) atoms. The third-order valence-corrected chi connectivity index (χ3v) is 2.46. The molecular formula is C12H18Cu2O19-4. The number of carbonyl (C=O) groups excluding carboxylic acids is 6. The molecule has 0 saturated carbocycles. The van der Waals surface area contributed by atoms with Crippen molar-refractivity contribution in [1.82, 2.24) is 0 Å². The molecule has 0 saturated heterocycles. The van der Waals surface area contributed by atoms with E-state index in [9.17, 15) is 69.6 Å². The van der Waals surface area contributed by atoms with Crippen molar-refractivity contribution in [2.75, 3.05) is 0 Å². The third-order valence-electron chi connectivity index (χ3n) is 2.46. The van der Waals surface area contributed by atoms with Crippen LogP contribution in [0.2, 0.25) is 0 Å². The van der Waals surface area contributed by atoms with Crippen molar-refractivity contribution in [3.8, 4) is 0 Å². The SMILES string of the molecule is O.O.O.O.O.O=C([O-])CC([O-])(CC(=O)[O-])C(=O)[O-].O=C([O-])CC([O-])(CC(=O)[O-])C(=O)[O-].[Cu+2].[Cu+2]. The Morgan fingerprint density at radius 1 is 0.424 bits per heavy atom. The van der Waals surface area contributed by atoms with E-state index in [0.29, 0.717) is 0 Å². The van der Waals surface area contributed by atoms with Crippen LogP contribution in [0.1, 0.15) is 25.7 Å². The van der Waals surface area contributed by atoms with Crippen LogP contribution in [-0.4, -0.2) is 74.4 Å². The zero-order valence-corrected chi connectivity index (χ0v) is 17.5. The van der Waals surface area contributed by atoms with E-state index < -0.39 is 72.7 Å². The van der Waals surface area contributed by atoms with Gasteiger partial charge in [-0.1, -0.05) is 11.2 Å². The van der Waals surface area contributed by atoms with Crippen LogP contribution in [0.5, 0.6) is 0 Å². The Hall–Kier alpha value is -2.42. The molecule has 0 fully saturated rings. The molecule has 0 aliphatic rings. The van der Waals surface area contributed by atoms with Gasteiger partial charge in [0.05, 0.1) is 0 Å². The number of rotatable bonds is 10. The molecule has 0 aromatic rings. The molecule has 10 N–H and O–H groups in total. The Bertz CT molecular complexity index is 522. The minimum absolute atomic E-state index is 0. The fourth-order valence-corrected chi connectivity index (χ4v) is 1.35. The zero-order valence-electron chi connectivity index (χ0n) is 15.6. The molecular weight excluding hydrogens is 575 g/mol. The summed E-state index contributed by atoms with van der Waals surface area (Å²) in [5, 5.41) is 81.6. The monoisotopic (exact) mass is 592 g/mol. The van der Waals surface area contributed by atoms with Crippen LogP contribution in [0, 0.1) is 0 Å². The average Bonchev–Trinajstić information content (AvgIpc) is 2.34. The van der Waals surface area contributed by atoms with Crippen molar-refractivity contribution >= 4 is 35.8 Å². The van der Waals surface area contributed by atoms with E-state index >= 15 is 0 Å². The maximum Gasteiger partial charge on any atom is 2.00 e. The molecule has 0 rings (SSSR count). The van der Waals surface area contributed by atoms with Crippen molar-refractivity contribution in [2.45, 2.75) is 36.9 Å². The normalized spacial score (nSPS) is 8.55. The summed E-state index contributed by atoms with van der Waals surface area (Å²) in [5.41, 5.74) is -6.45. The van der Waals surface area contributed by atoms with Crippen molar-refractivity contribution in [1.29, 1.82) is 0 Å². The van der Waals surface area contributed by atoms with E-state index in [4.69, 9.17) is 0 Å². The predicted molar refractivity (Wildman–Crippen MR) is 72.0 cm³/mol. The molecule has 19 nitrogen and oxygen atoms in total. The van der Waals surface area contributed by atoms with Gasteiger partial charge in [0.1, 0.15) is 0 Å². The van der Waals surface area contributed by atoms with Gasteiger partial charge in [-0.05, 0) is 25.7 Å². The van der Waals surface area contributed by atoms with Crippen LogP contribution in [0.25, 0.3) is 0 Å². The number of carbonyl (C=O) groups is 6. The molecule has 0 aromatic carbocycles. The molecule has 0 spiro atoms. The van der Waals surface area contributed by atoms with Gasteiger partial charge >= 0.3 is 34.1 Å².